The number of phenolic OH excluding ortho intramolecular Hbond substituents is 1. The van der Waals surface area contributed by atoms with Crippen LogP contribution in [0.5, 0.6) is 5.75 Å². The number of thioether (sulfide) groups is 1. The van der Waals surface area contributed by atoms with E-state index in [0.29, 0.717) is 10.5 Å². The molecule has 6 nitrogen and oxygen atoms in total. The van der Waals surface area contributed by atoms with E-state index in [1.165, 1.54) is 17.8 Å². The third-order valence-electron chi connectivity index (χ3n) is 2.61. The number of ketones is 1. The molecule has 4 N–H and O–H groups in total. The third-order valence-corrected chi connectivity index (χ3v) is 3.65. The van der Waals surface area contributed by atoms with Crippen molar-refractivity contribution in [3.8, 4) is 5.75 Å². The van der Waals surface area contributed by atoms with Gasteiger partial charge in [-0.1, -0.05) is 0 Å². The lowest BCUT2D eigenvalue weighted by Crippen LogP contribution is -2.26. The number of aliphatic imine (C=N–C) groups is 1. The van der Waals surface area contributed by atoms with Crippen molar-refractivity contribution < 1.29 is 19.8 Å². The summed E-state index contributed by atoms with van der Waals surface area (Å²) in [4.78, 5) is 27.1. The highest BCUT2D eigenvalue weighted by molar-refractivity contribution is 8.00. The number of hydrogen-bond donors (Lipinski definition) is 3. The topological polar surface area (TPSA) is 113 Å². The molecule has 1 heterocycles. The van der Waals surface area contributed by atoms with Crippen molar-refractivity contribution >= 4 is 34.9 Å². The molecule has 1 aliphatic rings. The van der Waals surface area contributed by atoms with E-state index in [-0.39, 0.29) is 28.7 Å². The Morgan fingerprint density at radius 3 is 2.74 bits per heavy atom. The molecule has 0 radical (unpaired) electrons. The SMILES string of the molecule is CC(N)C(=O)c1cc(O)c2c(c1)SCC(C(=O)O)=N2. The van der Waals surface area contributed by atoms with Gasteiger partial charge in [0, 0.05) is 16.2 Å². The molecule has 0 fully saturated rings. The standard InChI is InChI=1S/C12H12N2O4S/c1-5(13)11(16)6-2-8(15)10-9(3-6)19-4-7(14-10)12(17)18/h2-3,5,15H,4,13H2,1H3,(H,17,18). The van der Waals surface area contributed by atoms with E-state index in [2.05, 4.69) is 4.99 Å². The van der Waals surface area contributed by atoms with E-state index >= 15 is 0 Å². The number of phenols is 1. The number of aliphatic carboxylic acids is 1. The second-order valence-corrected chi connectivity index (χ2v) is 5.16. The Balaban J connectivity index is 2.48. The molecule has 1 unspecified atom stereocenters. The van der Waals surface area contributed by atoms with Gasteiger partial charge < -0.3 is 15.9 Å². The van der Waals surface area contributed by atoms with Crippen LogP contribution < -0.4 is 5.73 Å². The number of aromatic hydroxyl groups is 1. The first kappa shape index (κ1) is 13.6. The van der Waals surface area contributed by atoms with Crippen LogP contribution in [0.2, 0.25) is 0 Å². The van der Waals surface area contributed by atoms with Crippen molar-refractivity contribution in [3.63, 3.8) is 0 Å². The molecule has 2 rings (SSSR count). The van der Waals surface area contributed by atoms with Crippen LogP contribution in [-0.4, -0.2) is 39.5 Å². The maximum atomic E-state index is 11.8. The number of fused-ring (bicyclic) bond motifs is 1. The van der Waals surface area contributed by atoms with Crippen molar-refractivity contribution in [2.45, 2.75) is 17.9 Å². The van der Waals surface area contributed by atoms with Crippen LogP contribution in [0.15, 0.2) is 22.0 Å². The molecule has 0 spiro atoms. The Morgan fingerprint density at radius 2 is 2.16 bits per heavy atom. The summed E-state index contributed by atoms with van der Waals surface area (Å²) >= 11 is 1.22. The minimum Gasteiger partial charge on any atom is -0.506 e. The maximum absolute atomic E-state index is 11.8. The quantitative estimate of drug-likeness (QED) is 0.717. The maximum Gasteiger partial charge on any atom is 0.351 e. The van der Waals surface area contributed by atoms with Crippen molar-refractivity contribution in [2.75, 3.05) is 5.75 Å². The molecule has 0 saturated carbocycles. The summed E-state index contributed by atoms with van der Waals surface area (Å²) in [7, 11) is 0. The first-order valence-corrected chi connectivity index (χ1v) is 6.49. The third kappa shape index (κ3) is 2.61. The number of nitrogens with two attached hydrogens (primary N) is 1. The molecule has 100 valence electrons. The van der Waals surface area contributed by atoms with E-state index in [0.717, 1.165) is 0 Å². The summed E-state index contributed by atoms with van der Waals surface area (Å²) in [6.45, 7) is 1.56. The highest BCUT2D eigenvalue weighted by Gasteiger charge is 2.23. The Morgan fingerprint density at radius 1 is 1.47 bits per heavy atom. The molecule has 1 aromatic rings. The van der Waals surface area contributed by atoms with Gasteiger partial charge in [0.15, 0.2) is 5.78 Å². The molecule has 0 aliphatic carbocycles. The molecule has 1 atom stereocenters. The number of Topliss-reactive ketones (excluding diaryl/α,β-unsaturated/α-hetero) is 1. The zero-order valence-electron chi connectivity index (χ0n) is 10.1. The first-order valence-electron chi connectivity index (χ1n) is 5.50. The normalized spacial score (nSPS) is 15.4. The van der Waals surface area contributed by atoms with Crippen molar-refractivity contribution in [1.29, 1.82) is 0 Å². The summed E-state index contributed by atoms with van der Waals surface area (Å²) in [5.41, 5.74) is 5.97. The van der Waals surface area contributed by atoms with Gasteiger partial charge in [-0.3, -0.25) is 4.79 Å². The zero-order valence-corrected chi connectivity index (χ0v) is 10.9. The van der Waals surface area contributed by atoms with Crippen LogP contribution in [0.4, 0.5) is 5.69 Å². The van der Waals surface area contributed by atoms with Crippen LogP contribution in [0.25, 0.3) is 0 Å². The van der Waals surface area contributed by atoms with Gasteiger partial charge in [0.2, 0.25) is 0 Å². The predicted molar refractivity (Wildman–Crippen MR) is 71.5 cm³/mol. The highest BCUT2D eigenvalue weighted by Crippen LogP contribution is 2.41. The minimum absolute atomic E-state index is 0.0286. The summed E-state index contributed by atoms with van der Waals surface area (Å²) in [6, 6.07) is 2.18. The van der Waals surface area contributed by atoms with E-state index in [1.807, 2.05) is 0 Å². The molecule has 1 aliphatic heterocycles. The van der Waals surface area contributed by atoms with E-state index in [4.69, 9.17) is 10.8 Å². The molecule has 0 aromatic heterocycles. The molecule has 0 bridgehead atoms. The average Bonchev–Trinajstić information content (AvgIpc) is 2.37. The van der Waals surface area contributed by atoms with E-state index < -0.39 is 12.0 Å². The number of hydrogen-bond acceptors (Lipinski definition) is 6. The second-order valence-electron chi connectivity index (χ2n) is 4.15. The molecular formula is C12H12N2O4S. The zero-order chi connectivity index (χ0) is 14.2. The Labute approximate surface area is 113 Å². The number of carboxylic acids is 1. The fourth-order valence-electron chi connectivity index (χ4n) is 1.64. The molecule has 0 amide bonds. The number of benzene rings is 1. The highest BCUT2D eigenvalue weighted by atomic mass is 32.2. The van der Waals surface area contributed by atoms with Gasteiger partial charge in [-0.15, -0.1) is 11.8 Å². The van der Waals surface area contributed by atoms with Gasteiger partial charge >= 0.3 is 5.97 Å². The van der Waals surface area contributed by atoms with Crippen LogP contribution in [0, 0.1) is 0 Å². The summed E-state index contributed by atoms with van der Waals surface area (Å²) in [5, 5.41) is 18.7. The lowest BCUT2D eigenvalue weighted by molar-refractivity contribution is -0.129. The molecule has 0 saturated heterocycles. The summed E-state index contributed by atoms with van der Waals surface area (Å²) in [5.74, 6) is -1.43. The van der Waals surface area contributed by atoms with Crippen molar-refractivity contribution in [2.24, 2.45) is 10.7 Å². The second kappa shape index (κ2) is 5.02. The van der Waals surface area contributed by atoms with E-state index in [9.17, 15) is 14.7 Å². The van der Waals surface area contributed by atoms with Crippen LogP contribution in [-0.2, 0) is 4.79 Å². The smallest absolute Gasteiger partial charge is 0.351 e. The van der Waals surface area contributed by atoms with Crippen LogP contribution in [0.3, 0.4) is 0 Å². The van der Waals surface area contributed by atoms with Crippen LogP contribution >= 0.6 is 11.8 Å². The number of carbonyl (C=O) groups is 2. The van der Waals surface area contributed by atoms with E-state index in [1.54, 1.807) is 13.0 Å². The Kier molecular flexibility index (Phi) is 3.59. The molecule has 1 aromatic carbocycles. The molecule has 7 heteroatoms. The van der Waals surface area contributed by atoms with Gasteiger partial charge in [0.25, 0.3) is 0 Å². The Bertz CT molecular complexity index is 596. The Hall–Kier alpha value is -1.86. The minimum atomic E-state index is -1.12. The van der Waals surface area contributed by atoms with Crippen molar-refractivity contribution in [3.05, 3.63) is 17.7 Å². The predicted octanol–water partition coefficient (Wildman–Crippen LogP) is 1.18. The number of rotatable bonds is 3. The number of carboxylic acid groups (broad SMARTS) is 1. The van der Waals surface area contributed by atoms with Gasteiger partial charge in [0.1, 0.15) is 17.1 Å². The van der Waals surface area contributed by atoms with Gasteiger partial charge in [-0.2, -0.15) is 0 Å². The fraction of sp³-hybridized carbons (Fsp3) is 0.250. The van der Waals surface area contributed by atoms with Gasteiger partial charge in [-0.05, 0) is 19.1 Å². The average molecular weight is 280 g/mol. The largest absolute Gasteiger partial charge is 0.506 e. The number of nitrogens with zero attached hydrogens (tertiary/aromatic N) is 1. The fourth-order valence-corrected chi connectivity index (χ4v) is 2.62. The molecular weight excluding hydrogens is 268 g/mol. The lowest BCUT2D eigenvalue weighted by Gasteiger charge is -2.15. The summed E-state index contributed by atoms with van der Waals surface area (Å²) in [6.07, 6.45) is 0. The first-order chi connectivity index (χ1) is 8.90. The summed E-state index contributed by atoms with van der Waals surface area (Å²) < 4.78 is 0. The van der Waals surface area contributed by atoms with Crippen molar-refractivity contribution in [1.82, 2.24) is 0 Å². The van der Waals surface area contributed by atoms with Gasteiger partial charge in [-0.25, -0.2) is 9.79 Å². The van der Waals surface area contributed by atoms with Gasteiger partial charge in [0.05, 0.1) is 6.04 Å². The monoisotopic (exact) mass is 280 g/mol. The van der Waals surface area contributed by atoms with Crippen LogP contribution in [0.1, 0.15) is 17.3 Å². The lowest BCUT2D eigenvalue weighted by atomic mass is 10.0. The molecule has 19 heavy (non-hydrogen) atoms. The number of carbonyl (C=O) groups excluding carboxylic acids is 1.